The molecule has 0 atom stereocenters. The first-order chi connectivity index (χ1) is 13.2. The third-order valence-electron chi connectivity index (χ3n) is 4.38. The summed E-state index contributed by atoms with van der Waals surface area (Å²) >= 11 is 1.58. The van der Waals surface area contributed by atoms with Crippen molar-refractivity contribution in [2.45, 2.75) is 26.3 Å². The Labute approximate surface area is 161 Å². The van der Waals surface area contributed by atoms with E-state index in [0.29, 0.717) is 19.4 Å². The van der Waals surface area contributed by atoms with Crippen LogP contribution in [-0.4, -0.2) is 20.9 Å². The van der Waals surface area contributed by atoms with Gasteiger partial charge in [0.05, 0.1) is 5.69 Å². The van der Waals surface area contributed by atoms with Gasteiger partial charge in [0.1, 0.15) is 5.01 Å². The summed E-state index contributed by atoms with van der Waals surface area (Å²) in [5, 5.41) is 7.12. The highest BCUT2D eigenvalue weighted by Crippen LogP contribution is 2.23. The summed E-state index contributed by atoms with van der Waals surface area (Å²) in [6.45, 7) is 2.58. The van der Waals surface area contributed by atoms with E-state index >= 15 is 0 Å². The third kappa shape index (κ3) is 4.23. The van der Waals surface area contributed by atoms with E-state index in [4.69, 9.17) is 0 Å². The zero-order chi connectivity index (χ0) is 18.6. The molecule has 0 spiro atoms. The summed E-state index contributed by atoms with van der Waals surface area (Å²) in [5.74, 6) is 0.0382. The van der Waals surface area contributed by atoms with Crippen LogP contribution in [0.5, 0.6) is 0 Å². The fourth-order valence-electron chi connectivity index (χ4n) is 3.01. The molecular formula is C21H20N4OS. The van der Waals surface area contributed by atoms with Crippen LogP contribution in [-0.2, 0) is 17.8 Å². The Morgan fingerprint density at radius 1 is 1.26 bits per heavy atom. The molecule has 0 aliphatic carbocycles. The van der Waals surface area contributed by atoms with Crippen molar-refractivity contribution in [1.82, 2.24) is 20.3 Å². The number of H-pyrrole nitrogens is 1. The number of nitrogens with zero attached hydrogens (tertiary/aromatic N) is 2. The first-order valence-electron chi connectivity index (χ1n) is 8.87. The van der Waals surface area contributed by atoms with Gasteiger partial charge in [-0.1, -0.05) is 6.07 Å². The molecule has 0 bridgehead atoms. The second-order valence-corrected chi connectivity index (χ2v) is 7.39. The minimum Gasteiger partial charge on any atom is -0.359 e. The van der Waals surface area contributed by atoms with Crippen molar-refractivity contribution in [3.05, 3.63) is 71.1 Å². The number of aromatic nitrogens is 3. The number of fused-ring (bicyclic) bond motifs is 1. The molecule has 0 saturated heterocycles. The number of carbonyl (C=O) groups is 1. The number of rotatable bonds is 6. The molecule has 3 heterocycles. The molecule has 4 aromatic rings. The second kappa shape index (κ2) is 7.72. The summed E-state index contributed by atoms with van der Waals surface area (Å²) in [7, 11) is 0. The van der Waals surface area contributed by atoms with Crippen molar-refractivity contribution in [1.29, 1.82) is 0 Å². The number of aromatic amines is 1. The SMILES string of the molecule is Cc1cc2cc(CNC(=O)CCc3csc(-c4cccnc4)n3)ccc2[nH]1. The smallest absolute Gasteiger partial charge is 0.220 e. The molecule has 0 fully saturated rings. The zero-order valence-corrected chi connectivity index (χ0v) is 15.8. The molecule has 136 valence electrons. The average molecular weight is 376 g/mol. The van der Waals surface area contributed by atoms with Gasteiger partial charge in [-0.15, -0.1) is 11.3 Å². The number of hydrogen-bond acceptors (Lipinski definition) is 4. The molecule has 1 amide bonds. The number of benzene rings is 1. The molecule has 0 aliphatic heterocycles. The lowest BCUT2D eigenvalue weighted by atomic mass is 10.1. The standard InChI is InChI=1S/C21H20N4OS/c1-14-9-17-10-15(4-6-19(17)24-14)11-23-20(26)7-5-18-13-27-21(25-18)16-3-2-8-22-12-16/h2-4,6,8-10,12-13,24H,5,7,11H2,1H3,(H,23,26). The summed E-state index contributed by atoms with van der Waals surface area (Å²) < 4.78 is 0. The van der Waals surface area contributed by atoms with Gasteiger partial charge in [0.15, 0.2) is 0 Å². The summed E-state index contributed by atoms with van der Waals surface area (Å²) in [6.07, 6.45) is 4.62. The third-order valence-corrected chi connectivity index (χ3v) is 5.32. The maximum absolute atomic E-state index is 12.2. The fraction of sp³-hybridized carbons (Fsp3) is 0.190. The van der Waals surface area contributed by atoms with E-state index in [2.05, 4.69) is 38.5 Å². The predicted octanol–water partition coefficient (Wildman–Crippen LogP) is 4.24. The minimum atomic E-state index is 0.0382. The quantitative estimate of drug-likeness (QED) is 0.529. The van der Waals surface area contributed by atoms with Crippen LogP contribution < -0.4 is 5.32 Å². The average Bonchev–Trinajstić information content (AvgIpc) is 3.30. The molecule has 0 unspecified atom stereocenters. The van der Waals surface area contributed by atoms with Gasteiger partial charge in [0.25, 0.3) is 0 Å². The largest absolute Gasteiger partial charge is 0.359 e. The molecular weight excluding hydrogens is 356 g/mol. The number of carbonyl (C=O) groups excluding carboxylic acids is 1. The molecule has 27 heavy (non-hydrogen) atoms. The Kier molecular flexibility index (Phi) is 4.98. The molecule has 6 heteroatoms. The van der Waals surface area contributed by atoms with Gasteiger partial charge >= 0.3 is 0 Å². The minimum absolute atomic E-state index is 0.0382. The van der Waals surface area contributed by atoms with E-state index in [1.54, 1.807) is 23.7 Å². The number of hydrogen-bond donors (Lipinski definition) is 2. The van der Waals surface area contributed by atoms with E-state index in [0.717, 1.165) is 33.0 Å². The van der Waals surface area contributed by atoms with Crippen LogP contribution in [0.2, 0.25) is 0 Å². The summed E-state index contributed by atoms with van der Waals surface area (Å²) in [5.41, 5.74) is 5.31. The highest BCUT2D eigenvalue weighted by Gasteiger charge is 2.08. The monoisotopic (exact) mass is 376 g/mol. The maximum atomic E-state index is 12.2. The van der Waals surface area contributed by atoms with E-state index in [9.17, 15) is 4.79 Å². The first-order valence-corrected chi connectivity index (χ1v) is 9.75. The molecule has 3 aromatic heterocycles. The Bertz CT molecular complexity index is 1070. The zero-order valence-electron chi connectivity index (χ0n) is 15.0. The van der Waals surface area contributed by atoms with Crippen LogP contribution in [0, 0.1) is 6.92 Å². The Morgan fingerprint density at radius 2 is 2.19 bits per heavy atom. The normalized spacial score (nSPS) is 11.0. The van der Waals surface area contributed by atoms with Gasteiger partial charge < -0.3 is 10.3 Å². The number of pyridine rings is 1. The Morgan fingerprint density at radius 3 is 3.04 bits per heavy atom. The van der Waals surface area contributed by atoms with Crippen LogP contribution >= 0.6 is 11.3 Å². The van der Waals surface area contributed by atoms with Crippen molar-refractivity contribution < 1.29 is 4.79 Å². The molecule has 0 radical (unpaired) electrons. The second-order valence-electron chi connectivity index (χ2n) is 6.54. The highest BCUT2D eigenvalue weighted by molar-refractivity contribution is 7.13. The van der Waals surface area contributed by atoms with Gasteiger partial charge in [0, 0.05) is 47.5 Å². The first kappa shape index (κ1) is 17.4. The highest BCUT2D eigenvalue weighted by atomic mass is 32.1. The van der Waals surface area contributed by atoms with Gasteiger partial charge in [0.2, 0.25) is 5.91 Å². The number of thiazole rings is 1. The lowest BCUT2D eigenvalue weighted by Crippen LogP contribution is -2.23. The van der Waals surface area contributed by atoms with Crippen LogP contribution in [0.25, 0.3) is 21.5 Å². The number of amides is 1. The molecule has 1 aromatic carbocycles. The van der Waals surface area contributed by atoms with Crippen LogP contribution in [0.4, 0.5) is 0 Å². The lowest BCUT2D eigenvalue weighted by molar-refractivity contribution is -0.121. The van der Waals surface area contributed by atoms with Crippen molar-refractivity contribution in [3.8, 4) is 10.6 Å². The van der Waals surface area contributed by atoms with Crippen molar-refractivity contribution >= 4 is 28.1 Å². The molecule has 5 nitrogen and oxygen atoms in total. The van der Waals surface area contributed by atoms with E-state index in [1.165, 1.54) is 5.39 Å². The fourth-order valence-corrected chi connectivity index (χ4v) is 3.86. The van der Waals surface area contributed by atoms with Gasteiger partial charge in [-0.25, -0.2) is 4.98 Å². The Hall–Kier alpha value is -2.99. The van der Waals surface area contributed by atoms with Gasteiger partial charge in [-0.05, 0) is 54.6 Å². The predicted molar refractivity (Wildman–Crippen MR) is 109 cm³/mol. The van der Waals surface area contributed by atoms with Crippen LogP contribution in [0.1, 0.15) is 23.4 Å². The van der Waals surface area contributed by atoms with E-state index in [1.807, 2.05) is 30.5 Å². The number of nitrogens with one attached hydrogen (secondary N) is 2. The molecule has 0 saturated carbocycles. The molecule has 2 N–H and O–H groups in total. The topological polar surface area (TPSA) is 70.7 Å². The summed E-state index contributed by atoms with van der Waals surface area (Å²) in [6, 6.07) is 12.2. The van der Waals surface area contributed by atoms with Crippen molar-refractivity contribution in [3.63, 3.8) is 0 Å². The van der Waals surface area contributed by atoms with Gasteiger partial charge in [-0.2, -0.15) is 0 Å². The van der Waals surface area contributed by atoms with Crippen molar-refractivity contribution in [2.75, 3.05) is 0 Å². The lowest BCUT2D eigenvalue weighted by Gasteiger charge is -2.05. The maximum Gasteiger partial charge on any atom is 0.220 e. The van der Waals surface area contributed by atoms with E-state index in [-0.39, 0.29) is 5.91 Å². The summed E-state index contributed by atoms with van der Waals surface area (Å²) in [4.78, 5) is 24.2. The number of aryl methyl sites for hydroxylation is 2. The molecule has 0 aliphatic rings. The van der Waals surface area contributed by atoms with Gasteiger partial charge in [-0.3, -0.25) is 9.78 Å². The van der Waals surface area contributed by atoms with E-state index < -0.39 is 0 Å². The van der Waals surface area contributed by atoms with Crippen molar-refractivity contribution in [2.24, 2.45) is 0 Å². The Balaban J connectivity index is 1.30. The molecule has 4 rings (SSSR count). The van der Waals surface area contributed by atoms with Crippen LogP contribution in [0.3, 0.4) is 0 Å². The van der Waals surface area contributed by atoms with Crippen LogP contribution in [0.15, 0.2) is 54.2 Å².